The Hall–Kier alpha value is -5.21. The molecule has 16 unspecified atom stereocenters. The van der Waals surface area contributed by atoms with Gasteiger partial charge in [-0.2, -0.15) is 0 Å². The summed E-state index contributed by atoms with van der Waals surface area (Å²) in [6.07, 6.45) is -15.0. The maximum Gasteiger partial charge on any atom is 0.325 e. The second-order valence-corrected chi connectivity index (χ2v) is 16.1. The van der Waals surface area contributed by atoms with Crippen LogP contribution < -0.4 is 54.8 Å². The number of aliphatic carboxylic acids is 1. The molecule has 67 heavy (non-hydrogen) atoms. The topological polar surface area (TPSA) is 488 Å². The molecule has 29 nitrogen and oxygen atoms in total. The Bertz CT molecular complexity index is 1730. The number of carboxylic acids is 1. The van der Waals surface area contributed by atoms with Gasteiger partial charge in [0, 0.05) is 19.9 Å². The Morgan fingerprint density at radius 1 is 0.716 bits per heavy atom. The average Bonchev–Trinajstić information content (AvgIpc) is 3.25. The van der Waals surface area contributed by atoms with E-state index in [1.54, 1.807) is 0 Å². The molecule has 0 bridgehead atoms. The number of hydrogen-bond acceptors (Lipinski definition) is 20. The predicted molar refractivity (Wildman–Crippen MR) is 224 cm³/mol. The highest BCUT2D eigenvalue weighted by Crippen LogP contribution is 2.30. The molecule has 2 fully saturated rings. The van der Waals surface area contributed by atoms with E-state index in [1.807, 2.05) is 0 Å². The van der Waals surface area contributed by atoms with E-state index in [1.165, 1.54) is 20.8 Å². The summed E-state index contributed by atoms with van der Waals surface area (Å²) in [5, 5.41) is 75.0. The van der Waals surface area contributed by atoms with Crippen molar-refractivity contribution in [3.63, 3.8) is 0 Å². The molecule has 0 aromatic carbocycles. The van der Waals surface area contributed by atoms with E-state index in [0.717, 1.165) is 6.92 Å². The van der Waals surface area contributed by atoms with Gasteiger partial charge in [-0.25, -0.2) is 0 Å². The number of ether oxygens (including phenoxy) is 4. The molecule has 29 heteroatoms. The average molecular weight is 967 g/mol. The van der Waals surface area contributed by atoms with Crippen molar-refractivity contribution in [2.75, 3.05) is 19.8 Å². The first-order valence-electron chi connectivity index (χ1n) is 21.3. The third-order valence-corrected chi connectivity index (χ3v) is 10.6. The van der Waals surface area contributed by atoms with Gasteiger partial charge in [-0.15, -0.1) is 0 Å². The van der Waals surface area contributed by atoms with Gasteiger partial charge in [0.2, 0.25) is 47.3 Å². The molecule has 2 heterocycles. The molecule has 382 valence electrons. The Labute approximate surface area is 384 Å². The molecule has 2 aliphatic heterocycles. The zero-order chi connectivity index (χ0) is 50.9. The third-order valence-electron chi connectivity index (χ3n) is 10.6. The molecule has 0 aliphatic carbocycles. The van der Waals surface area contributed by atoms with Crippen LogP contribution in [-0.2, 0) is 62.1 Å². The smallest absolute Gasteiger partial charge is 0.325 e. The number of unbranched alkanes of at least 4 members (excludes halogenated alkanes) is 1. The van der Waals surface area contributed by atoms with Crippen LogP contribution in [0.2, 0.25) is 0 Å². The number of aliphatic hydroxyl groups excluding tert-OH is 5. The summed E-state index contributed by atoms with van der Waals surface area (Å²) in [4.78, 5) is 111. The Kier molecular flexibility index (Phi) is 23.8. The number of carbonyl (C=O) groups excluding carboxylic acids is 8. The summed E-state index contributed by atoms with van der Waals surface area (Å²) in [6.45, 7) is 3.23. The standard InChI is InChI=1S/C38H66N10O19/c1-14(44-34(59)16(3)64-30-25(40)37(63)65-22(13-50)29(30)67-38-26(46-17(4)51)28(55)27(54)21(12-49)66-38)33(58)48-19(32(42)57)8-9-23(52)47-20(35(60)45-15(2)36(61)62)7-5-6-10-43-24(53)11-18(39)31(41)56/h14-16,18-22,25-30,37-38,49-50,54-55,63H,5-13,39-40H2,1-4H3,(H2,41,56)(H2,42,57)(H,43,53)(H,44,59)(H,45,60)(H,46,51)(H,47,52)(H,48,58)(H,61,62). The van der Waals surface area contributed by atoms with Crippen LogP contribution in [-0.4, -0.2) is 201 Å². The number of nitrogens with two attached hydrogens (primary N) is 4. The first-order valence-corrected chi connectivity index (χ1v) is 21.3. The number of nitrogens with one attached hydrogen (secondary N) is 6. The van der Waals surface area contributed by atoms with Gasteiger partial charge in [-0.1, -0.05) is 0 Å². The molecule has 0 saturated carbocycles. The fraction of sp³-hybridized carbons (Fsp3) is 0.763. The molecule has 0 spiro atoms. The van der Waals surface area contributed by atoms with Crippen LogP contribution in [0.25, 0.3) is 0 Å². The number of primary amides is 2. The second kappa shape index (κ2) is 27.6. The van der Waals surface area contributed by atoms with Gasteiger partial charge in [-0.05, 0) is 46.5 Å². The van der Waals surface area contributed by atoms with E-state index in [4.69, 9.17) is 41.9 Å². The number of rotatable bonds is 27. The van der Waals surface area contributed by atoms with Gasteiger partial charge < -0.3 is 104 Å². The predicted octanol–water partition coefficient (Wildman–Crippen LogP) is -9.06. The lowest BCUT2D eigenvalue weighted by molar-refractivity contribution is -0.331. The molecule has 16 atom stereocenters. The van der Waals surface area contributed by atoms with Crippen molar-refractivity contribution in [1.29, 1.82) is 0 Å². The normalized spacial score (nSPS) is 27.6. The van der Waals surface area contributed by atoms with Crippen LogP contribution in [0.15, 0.2) is 0 Å². The third kappa shape index (κ3) is 18.1. The number of hydrogen-bond donors (Lipinski definition) is 16. The molecule has 2 rings (SSSR count). The summed E-state index contributed by atoms with van der Waals surface area (Å²) in [5.74, 6) is -8.07. The van der Waals surface area contributed by atoms with Crippen molar-refractivity contribution in [3.05, 3.63) is 0 Å². The van der Waals surface area contributed by atoms with Gasteiger partial charge in [0.1, 0.15) is 72.9 Å². The summed E-state index contributed by atoms with van der Waals surface area (Å²) in [7, 11) is 0. The van der Waals surface area contributed by atoms with Gasteiger partial charge >= 0.3 is 5.97 Å². The van der Waals surface area contributed by atoms with E-state index in [-0.39, 0.29) is 32.2 Å². The highest BCUT2D eigenvalue weighted by Gasteiger charge is 2.52. The zero-order valence-electron chi connectivity index (χ0n) is 37.4. The number of carboxylic acid groups (broad SMARTS) is 1. The van der Waals surface area contributed by atoms with E-state index in [2.05, 4.69) is 31.9 Å². The minimum absolute atomic E-state index is 0.0269. The van der Waals surface area contributed by atoms with Gasteiger partial charge in [-0.3, -0.25) is 43.2 Å². The SMILES string of the molecule is CC(=O)NC1C(OC2C(CO)OC(O)C(N)C2OC(C)C(=O)NC(C)C(=O)NC(CCC(=O)NC(CCCCNC(=O)CC(N)C(N)=O)C(=O)NC(C)C(=O)O)C(N)=O)OC(CO)C(O)C1O. The van der Waals surface area contributed by atoms with Crippen LogP contribution >= 0.6 is 0 Å². The van der Waals surface area contributed by atoms with Crippen LogP contribution in [0.1, 0.15) is 66.2 Å². The molecule has 8 amide bonds. The first kappa shape index (κ1) is 57.9. The molecule has 0 radical (unpaired) electrons. The molecular formula is C38H66N10O19. The summed E-state index contributed by atoms with van der Waals surface area (Å²) >= 11 is 0. The Morgan fingerprint density at radius 3 is 1.91 bits per heavy atom. The van der Waals surface area contributed by atoms with Crippen LogP contribution in [0.5, 0.6) is 0 Å². The van der Waals surface area contributed by atoms with Crippen molar-refractivity contribution in [1.82, 2.24) is 31.9 Å². The van der Waals surface area contributed by atoms with Crippen molar-refractivity contribution in [3.8, 4) is 0 Å². The van der Waals surface area contributed by atoms with Crippen molar-refractivity contribution in [2.24, 2.45) is 22.9 Å². The maximum atomic E-state index is 13.4. The summed E-state index contributed by atoms with van der Waals surface area (Å²) in [5.41, 5.74) is 22.2. The Balaban J connectivity index is 2.08. The Morgan fingerprint density at radius 2 is 1.34 bits per heavy atom. The molecule has 20 N–H and O–H groups in total. The first-order chi connectivity index (χ1) is 31.3. The largest absolute Gasteiger partial charge is 0.480 e. The minimum atomic E-state index is -1.79. The van der Waals surface area contributed by atoms with E-state index in [0.29, 0.717) is 0 Å². The molecule has 0 aromatic heterocycles. The minimum Gasteiger partial charge on any atom is -0.480 e. The highest BCUT2D eigenvalue weighted by molar-refractivity contribution is 5.93. The zero-order valence-corrected chi connectivity index (χ0v) is 37.4. The fourth-order valence-corrected chi connectivity index (χ4v) is 6.70. The second-order valence-electron chi connectivity index (χ2n) is 16.1. The number of aliphatic hydroxyl groups is 5. The lowest BCUT2D eigenvalue weighted by Crippen LogP contribution is -2.69. The maximum absolute atomic E-state index is 13.4. The highest BCUT2D eigenvalue weighted by atomic mass is 16.7. The monoisotopic (exact) mass is 966 g/mol. The lowest BCUT2D eigenvalue weighted by atomic mass is 9.94. The van der Waals surface area contributed by atoms with Gasteiger partial charge in [0.15, 0.2) is 12.6 Å². The fourth-order valence-electron chi connectivity index (χ4n) is 6.70. The summed E-state index contributed by atoms with van der Waals surface area (Å²) in [6, 6.07) is -9.61. The van der Waals surface area contributed by atoms with Crippen molar-refractivity contribution >= 4 is 53.2 Å². The molecular weight excluding hydrogens is 900 g/mol. The van der Waals surface area contributed by atoms with E-state index < -0.39 is 177 Å². The van der Waals surface area contributed by atoms with Gasteiger partial charge in [0.05, 0.1) is 31.7 Å². The quantitative estimate of drug-likeness (QED) is 0.0340. The molecule has 2 saturated heterocycles. The molecule has 0 aromatic rings. The van der Waals surface area contributed by atoms with Crippen LogP contribution in [0.4, 0.5) is 0 Å². The van der Waals surface area contributed by atoms with Gasteiger partial charge in [0.25, 0.3) is 0 Å². The molecule has 2 aliphatic rings. The van der Waals surface area contributed by atoms with E-state index >= 15 is 0 Å². The van der Waals surface area contributed by atoms with Crippen LogP contribution in [0.3, 0.4) is 0 Å². The van der Waals surface area contributed by atoms with Crippen molar-refractivity contribution in [2.45, 2.75) is 164 Å². The summed E-state index contributed by atoms with van der Waals surface area (Å²) < 4.78 is 22.8. The lowest BCUT2D eigenvalue weighted by Gasteiger charge is -2.48. The van der Waals surface area contributed by atoms with Crippen molar-refractivity contribution < 1.29 is 92.7 Å². The van der Waals surface area contributed by atoms with E-state index in [9.17, 15) is 73.8 Å². The number of carbonyl (C=O) groups is 9. The van der Waals surface area contributed by atoms with Crippen LogP contribution in [0, 0.1) is 0 Å². The number of amides is 8.